The van der Waals surface area contributed by atoms with E-state index in [1.807, 2.05) is 37.3 Å². The third-order valence-corrected chi connectivity index (χ3v) is 1.91. The van der Waals surface area contributed by atoms with E-state index in [1.54, 1.807) is 0 Å². The van der Waals surface area contributed by atoms with Crippen LogP contribution in [0.3, 0.4) is 0 Å². The molecule has 0 bridgehead atoms. The molecule has 14 heavy (non-hydrogen) atoms. The molecule has 0 aliphatic heterocycles. The summed E-state index contributed by atoms with van der Waals surface area (Å²) < 4.78 is 0. The Balaban J connectivity index is 2.31. The van der Waals surface area contributed by atoms with Gasteiger partial charge in [-0.3, -0.25) is 0 Å². The van der Waals surface area contributed by atoms with E-state index in [1.165, 1.54) is 0 Å². The number of nitrogens with zero attached hydrogens (tertiary/aromatic N) is 1. The Morgan fingerprint density at radius 3 is 2.64 bits per heavy atom. The van der Waals surface area contributed by atoms with Crippen LogP contribution in [0.1, 0.15) is 32.3 Å². The topological polar surface area (TPSA) is 21.6 Å². The molecule has 1 aromatic carbocycles. The van der Waals surface area contributed by atoms with Gasteiger partial charge in [-0.2, -0.15) is 0 Å². The van der Waals surface area contributed by atoms with E-state index in [2.05, 4.69) is 12.1 Å². The van der Waals surface area contributed by atoms with Crippen molar-refractivity contribution in [2.24, 2.45) is 5.16 Å². The van der Waals surface area contributed by atoms with Crippen molar-refractivity contribution in [1.82, 2.24) is 0 Å². The second-order valence-corrected chi connectivity index (χ2v) is 3.34. The monoisotopic (exact) mass is 191 g/mol. The summed E-state index contributed by atoms with van der Waals surface area (Å²) in [6, 6.07) is 10.1. The molecule has 0 saturated heterocycles. The maximum Gasteiger partial charge on any atom is 0.142 e. The lowest BCUT2D eigenvalue weighted by Gasteiger charge is -2.00. The largest absolute Gasteiger partial charge is 0.391 e. The first-order valence-corrected chi connectivity index (χ1v) is 5.02. The van der Waals surface area contributed by atoms with Gasteiger partial charge in [0, 0.05) is 0 Å². The summed E-state index contributed by atoms with van der Waals surface area (Å²) >= 11 is 0. The highest BCUT2D eigenvalue weighted by molar-refractivity contribution is 5.81. The van der Waals surface area contributed by atoms with Gasteiger partial charge in [-0.15, -0.1) is 0 Å². The van der Waals surface area contributed by atoms with Crippen molar-refractivity contribution in [2.75, 3.05) is 0 Å². The van der Waals surface area contributed by atoms with Crippen LogP contribution >= 0.6 is 0 Å². The standard InChI is InChI=1S/C12H17NO/c1-3-7-11(2)13-14-10-12-8-5-4-6-9-12/h4-6,8-9H,3,7,10H2,1-2H3/b13-11+. The second kappa shape index (κ2) is 6.19. The first-order valence-electron chi connectivity index (χ1n) is 5.02. The third-order valence-electron chi connectivity index (χ3n) is 1.91. The fourth-order valence-corrected chi connectivity index (χ4v) is 1.20. The normalized spacial score (nSPS) is 11.4. The van der Waals surface area contributed by atoms with Gasteiger partial charge in [-0.1, -0.05) is 48.8 Å². The van der Waals surface area contributed by atoms with Gasteiger partial charge < -0.3 is 4.84 Å². The third kappa shape index (κ3) is 4.08. The Kier molecular flexibility index (Phi) is 4.76. The van der Waals surface area contributed by atoms with E-state index < -0.39 is 0 Å². The maximum absolute atomic E-state index is 5.22. The molecule has 0 heterocycles. The van der Waals surface area contributed by atoms with E-state index in [0.29, 0.717) is 6.61 Å². The Labute approximate surface area is 85.6 Å². The van der Waals surface area contributed by atoms with Crippen molar-refractivity contribution in [2.45, 2.75) is 33.3 Å². The molecule has 0 unspecified atom stereocenters. The second-order valence-electron chi connectivity index (χ2n) is 3.34. The lowest BCUT2D eigenvalue weighted by Crippen LogP contribution is -1.93. The quantitative estimate of drug-likeness (QED) is 0.516. The summed E-state index contributed by atoms with van der Waals surface area (Å²) in [5, 5.41) is 4.03. The fraction of sp³-hybridized carbons (Fsp3) is 0.417. The Morgan fingerprint density at radius 2 is 2.00 bits per heavy atom. The summed E-state index contributed by atoms with van der Waals surface area (Å²) in [6.45, 7) is 4.69. The van der Waals surface area contributed by atoms with E-state index in [-0.39, 0.29) is 0 Å². The molecule has 0 aliphatic carbocycles. The van der Waals surface area contributed by atoms with Crippen LogP contribution < -0.4 is 0 Å². The van der Waals surface area contributed by atoms with Crippen molar-refractivity contribution in [3.8, 4) is 0 Å². The van der Waals surface area contributed by atoms with Crippen LogP contribution in [0.5, 0.6) is 0 Å². The highest BCUT2D eigenvalue weighted by Gasteiger charge is 1.91. The number of benzene rings is 1. The first kappa shape index (κ1) is 10.8. The number of hydrogen-bond donors (Lipinski definition) is 0. The number of rotatable bonds is 5. The zero-order chi connectivity index (χ0) is 10.2. The highest BCUT2D eigenvalue weighted by atomic mass is 16.6. The first-order chi connectivity index (χ1) is 6.83. The molecule has 0 N–H and O–H groups in total. The van der Waals surface area contributed by atoms with Gasteiger partial charge in [-0.25, -0.2) is 0 Å². The van der Waals surface area contributed by atoms with Crippen molar-refractivity contribution >= 4 is 5.71 Å². The molecule has 0 fully saturated rings. The molecule has 0 spiro atoms. The minimum absolute atomic E-state index is 0.557. The van der Waals surface area contributed by atoms with Crippen LogP contribution in [0, 0.1) is 0 Å². The molecule has 76 valence electrons. The minimum Gasteiger partial charge on any atom is -0.391 e. The highest BCUT2D eigenvalue weighted by Crippen LogP contribution is 2.01. The lowest BCUT2D eigenvalue weighted by atomic mass is 10.2. The van der Waals surface area contributed by atoms with Gasteiger partial charge in [0.05, 0.1) is 5.71 Å². The van der Waals surface area contributed by atoms with Gasteiger partial charge in [0.2, 0.25) is 0 Å². The fourth-order valence-electron chi connectivity index (χ4n) is 1.20. The zero-order valence-corrected chi connectivity index (χ0v) is 8.86. The molecule has 0 saturated carbocycles. The Hall–Kier alpha value is -1.31. The molecule has 0 radical (unpaired) electrons. The summed E-state index contributed by atoms with van der Waals surface area (Å²) in [5.41, 5.74) is 2.21. The molecule has 2 heteroatoms. The van der Waals surface area contributed by atoms with Crippen LogP contribution in [-0.2, 0) is 11.4 Å². The van der Waals surface area contributed by atoms with Crippen LogP contribution in [0.25, 0.3) is 0 Å². The smallest absolute Gasteiger partial charge is 0.142 e. The van der Waals surface area contributed by atoms with Crippen LogP contribution in [0.2, 0.25) is 0 Å². The van der Waals surface area contributed by atoms with Gasteiger partial charge in [-0.05, 0) is 18.9 Å². The van der Waals surface area contributed by atoms with Gasteiger partial charge in [0.1, 0.15) is 6.61 Å². The van der Waals surface area contributed by atoms with E-state index >= 15 is 0 Å². The lowest BCUT2D eigenvalue weighted by molar-refractivity contribution is 0.129. The SMILES string of the molecule is CCC/C(C)=N/OCc1ccccc1. The average molecular weight is 191 g/mol. The maximum atomic E-state index is 5.22. The molecule has 1 rings (SSSR count). The minimum atomic E-state index is 0.557. The summed E-state index contributed by atoms with van der Waals surface area (Å²) in [7, 11) is 0. The molecule has 0 aliphatic rings. The van der Waals surface area contributed by atoms with E-state index in [4.69, 9.17) is 4.84 Å². The van der Waals surface area contributed by atoms with Crippen molar-refractivity contribution in [3.05, 3.63) is 35.9 Å². The molecule has 0 aromatic heterocycles. The summed E-state index contributed by atoms with van der Waals surface area (Å²) in [4.78, 5) is 5.22. The van der Waals surface area contributed by atoms with Crippen LogP contribution in [0.15, 0.2) is 35.5 Å². The predicted octanol–water partition coefficient (Wildman–Crippen LogP) is 3.38. The molecule has 0 atom stereocenters. The van der Waals surface area contributed by atoms with Crippen LogP contribution in [-0.4, -0.2) is 5.71 Å². The molecule has 2 nitrogen and oxygen atoms in total. The summed E-state index contributed by atoms with van der Waals surface area (Å²) in [6.07, 6.45) is 2.12. The van der Waals surface area contributed by atoms with Crippen molar-refractivity contribution in [3.63, 3.8) is 0 Å². The number of oxime groups is 1. The van der Waals surface area contributed by atoms with Crippen LogP contribution in [0.4, 0.5) is 0 Å². The van der Waals surface area contributed by atoms with Gasteiger partial charge >= 0.3 is 0 Å². The molecule has 0 amide bonds. The molecular formula is C12H17NO. The Morgan fingerprint density at radius 1 is 1.29 bits per heavy atom. The van der Waals surface area contributed by atoms with Gasteiger partial charge in [0.25, 0.3) is 0 Å². The Bertz CT molecular complexity index is 280. The number of hydrogen-bond acceptors (Lipinski definition) is 2. The van der Waals surface area contributed by atoms with Crippen molar-refractivity contribution in [1.29, 1.82) is 0 Å². The van der Waals surface area contributed by atoms with Gasteiger partial charge in [0.15, 0.2) is 0 Å². The average Bonchev–Trinajstić information content (AvgIpc) is 2.20. The summed E-state index contributed by atoms with van der Waals surface area (Å²) in [5.74, 6) is 0. The van der Waals surface area contributed by atoms with E-state index in [9.17, 15) is 0 Å². The molecular weight excluding hydrogens is 174 g/mol. The van der Waals surface area contributed by atoms with Crippen molar-refractivity contribution < 1.29 is 4.84 Å². The molecule has 1 aromatic rings. The van der Waals surface area contributed by atoms with E-state index in [0.717, 1.165) is 24.1 Å². The zero-order valence-electron chi connectivity index (χ0n) is 8.86. The predicted molar refractivity (Wildman–Crippen MR) is 59.2 cm³/mol.